The van der Waals surface area contributed by atoms with E-state index in [0.29, 0.717) is 13.0 Å². The number of rotatable bonds is 7. The van der Waals surface area contributed by atoms with Crippen molar-refractivity contribution in [1.82, 2.24) is 15.1 Å². The summed E-state index contributed by atoms with van der Waals surface area (Å²) in [6.07, 6.45) is 3.58. The van der Waals surface area contributed by atoms with Gasteiger partial charge in [0.05, 0.1) is 11.7 Å². The number of primary amides is 1. The van der Waals surface area contributed by atoms with Crippen molar-refractivity contribution in [3.05, 3.63) is 18.0 Å². The monoisotopic (exact) mass is 224 g/mol. The first-order valence-electron chi connectivity index (χ1n) is 5.66. The first-order valence-corrected chi connectivity index (χ1v) is 5.66. The lowest BCUT2D eigenvalue weighted by Crippen LogP contribution is -2.42. The van der Waals surface area contributed by atoms with Gasteiger partial charge in [0, 0.05) is 12.7 Å². The molecule has 0 bridgehead atoms. The molecule has 0 spiro atoms. The number of aromatic nitrogens is 2. The van der Waals surface area contributed by atoms with Gasteiger partial charge in [-0.2, -0.15) is 5.10 Å². The van der Waals surface area contributed by atoms with Crippen molar-refractivity contribution in [3.63, 3.8) is 0 Å². The molecule has 16 heavy (non-hydrogen) atoms. The molecule has 5 nitrogen and oxygen atoms in total. The van der Waals surface area contributed by atoms with Crippen molar-refractivity contribution >= 4 is 5.91 Å². The summed E-state index contributed by atoms with van der Waals surface area (Å²) < 4.78 is 1.83. The van der Waals surface area contributed by atoms with Crippen LogP contribution in [0.4, 0.5) is 0 Å². The zero-order valence-electron chi connectivity index (χ0n) is 9.94. The van der Waals surface area contributed by atoms with Crippen LogP contribution in [0, 0.1) is 6.92 Å². The molecule has 1 amide bonds. The molecule has 5 heteroatoms. The van der Waals surface area contributed by atoms with Crippen LogP contribution in [0.5, 0.6) is 0 Å². The highest BCUT2D eigenvalue weighted by Gasteiger charge is 2.13. The Morgan fingerprint density at radius 1 is 1.69 bits per heavy atom. The Kier molecular flexibility index (Phi) is 4.98. The molecule has 0 aliphatic rings. The molecule has 0 aliphatic heterocycles. The average Bonchev–Trinajstić information content (AvgIpc) is 2.64. The number of hydrogen-bond donors (Lipinski definition) is 2. The van der Waals surface area contributed by atoms with Gasteiger partial charge in [0.25, 0.3) is 0 Å². The molecular formula is C11H20N4O. The van der Waals surface area contributed by atoms with E-state index in [9.17, 15) is 4.79 Å². The van der Waals surface area contributed by atoms with Crippen molar-refractivity contribution < 1.29 is 4.79 Å². The number of carbonyl (C=O) groups is 1. The summed E-state index contributed by atoms with van der Waals surface area (Å²) >= 11 is 0. The molecule has 0 radical (unpaired) electrons. The van der Waals surface area contributed by atoms with Crippen LogP contribution in [0.1, 0.15) is 25.5 Å². The smallest absolute Gasteiger partial charge is 0.234 e. The van der Waals surface area contributed by atoms with E-state index < -0.39 is 0 Å². The standard InChI is InChI=1S/C11H20N4O/c1-3-6-13-10(11(12)16)5-8-15-7-4-9(2)14-15/h4,7,10,13H,3,5-6,8H2,1-2H3,(H2,12,16). The van der Waals surface area contributed by atoms with Crippen LogP contribution in [-0.2, 0) is 11.3 Å². The largest absolute Gasteiger partial charge is 0.368 e. The predicted molar refractivity (Wildman–Crippen MR) is 62.9 cm³/mol. The molecule has 1 unspecified atom stereocenters. The lowest BCUT2D eigenvalue weighted by atomic mass is 10.2. The van der Waals surface area contributed by atoms with E-state index in [1.54, 1.807) is 0 Å². The number of nitrogens with zero attached hydrogens (tertiary/aromatic N) is 2. The lowest BCUT2D eigenvalue weighted by Gasteiger charge is -2.14. The molecule has 1 rings (SSSR count). The first-order chi connectivity index (χ1) is 7.63. The Bertz CT molecular complexity index is 334. The predicted octanol–water partition coefficient (Wildman–Crippen LogP) is 0.435. The Hall–Kier alpha value is -1.36. The van der Waals surface area contributed by atoms with Crippen LogP contribution in [-0.4, -0.2) is 28.3 Å². The van der Waals surface area contributed by atoms with Gasteiger partial charge in [-0.3, -0.25) is 9.48 Å². The highest BCUT2D eigenvalue weighted by Crippen LogP contribution is 1.98. The minimum Gasteiger partial charge on any atom is -0.368 e. The van der Waals surface area contributed by atoms with Crippen molar-refractivity contribution in [2.75, 3.05) is 6.54 Å². The van der Waals surface area contributed by atoms with E-state index in [4.69, 9.17) is 5.73 Å². The second-order valence-electron chi connectivity index (χ2n) is 3.92. The van der Waals surface area contributed by atoms with Crippen LogP contribution >= 0.6 is 0 Å². The summed E-state index contributed by atoms with van der Waals surface area (Å²) in [7, 11) is 0. The summed E-state index contributed by atoms with van der Waals surface area (Å²) in [4.78, 5) is 11.2. The number of amides is 1. The lowest BCUT2D eigenvalue weighted by molar-refractivity contribution is -0.120. The zero-order valence-corrected chi connectivity index (χ0v) is 9.94. The van der Waals surface area contributed by atoms with Gasteiger partial charge in [-0.1, -0.05) is 6.92 Å². The number of aryl methyl sites for hydroxylation is 2. The van der Waals surface area contributed by atoms with E-state index in [1.165, 1.54) is 0 Å². The summed E-state index contributed by atoms with van der Waals surface area (Å²) in [6, 6.07) is 1.68. The second kappa shape index (κ2) is 6.27. The molecule has 0 fully saturated rings. The molecule has 1 atom stereocenters. The fourth-order valence-corrected chi connectivity index (χ4v) is 1.51. The Morgan fingerprint density at radius 2 is 2.44 bits per heavy atom. The van der Waals surface area contributed by atoms with Gasteiger partial charge in [0.1, 0.15) is 0 Å². The summed E-state index contributed by atoms with van der Waals surface area (Å²) in [5.41, 5.74) is 6.30. The Labute approximate surface area is 96.0 Å². The third-order valence-corrected chi connectivity index (χ3v) is 2.41. The molecule has 3 N–H and O–H groups in total. The minimum atomic E-state index is -0.294. The minimum absolute atomic E-state index is 0.260. The van der Waals surface area contributed by atoms with Crippen LogP contribution in [0.3, 0.4) is 0 Å². The third-order valence-electron chi connectivity index (χ3n) is 2.41. The maximum Gasteiger partial charge on any atom is 0.234 e. The normalized spacial score (nSPS) is 12.6. The van der Waals surface area contributed by atoms with E-state index >= 15 is 0 Å². The van der Waals surface area contributed by atoms with Crippen LogP contribution in [0.15, 0.2) is 12.3 Å². The summed E-state index contributed by atoms with van der Waals surface area (Å²) in [5.74, 6) is -0.294. The van der Waals surface area contributed by atoms with Crippen LogP contribution in [0.2, 0.25) is 0 Å². The van der Waals surface area contributed by atoms with Gasteiger partial charge in [-0.25, -0.2) is 0 Å². The zero-order chi connectivity index (χ0) is 12.0. The summed E-state index contributed by atoms with van der Waals surface area (Å²) in [5, 5.41) is 7.39. The molecule has 1 aromatic rings. The Balaban J connectivity index is 2.40. The number of nitrogens with two attached hydrogens (primary N) is 1. The van der Waals surface area contributed by atoms with E-state index in [1.807, 2.05) is 23.9 Å². The van der Waals surface area contributed by atoms with Crippen molar-refractivity contribution in [2.24, 2.45) is 5.73 Å². The van der Waals surface area contributed by atoms with Crippen molar-refractivity contribution in [3.8, 4) is 0 Å². The quantitative estimate of drug-likeness (QED) is 0.705. The molecule has 0 saturated carbocycles. The van der Waals surface area contributed by atoms with Gasteiger partial charge >= 0.3 is 0 Å². The van der Waals surface area contributed by atoms with E-state index in [0.717, 1.165) is 18.7 Å². The molecule has 1 heterocycles. The fraction of sp³-hybridized carbons (Fsp3) is 0.636. The summed E-state index contributed by atoms with van der Waals surface area (Å²) in [6.45, 7) is 5.52. The number of nitrogens with one attached hydrogen (secondary N) is 1. The molecule has 90 valence electrons. The Morgan fingerprint density at radius 3 is 2.94 bits per heavy atom. The SMILES string of the molecule is CCCNC(CCn1ccc(C)n1)C(N)=O. The van der Waals surface area contributed by atoms with Gasteiger partial charge in [-0.05, 0) is 32.4 Å². The van der Waals surface area contributed by atoms with Crippen molar-refractivity contribution in [1.29, 1.82) is 0 Å². The van der Waals surface area contributed by atoms with Gasteiger partial charge in [0.15, 0.2) is 0 Å². The molecular weight excluding hydrogens is 204 g/mol. The number of hydrogen-bond acceptors (Lipinski definition) is 3. The molecule has 0 saturated heterocycles. The van der Waals surface area contributed by atoms with E-state index in [-0.39, 0.29) is 11.9 Å². The highest BCUT2D eigenvalue weighted by atomic mass is 16.1. The van der Waals surface area contributed by atoms with Crippen molar-refractivity contribution in [2.45, 2.75) is 39.3 Å². The maximum atomic E-state index is 11.2. The second-order valence-corrected chi connectivity index (χ2v) is 3.92. The van der Waals surface area contributed by atoms with E-state index in [2.05, 4.69) is 17.3 Å². The topological polar surface area (TPSA) is 72.9 Å². The molecule has 1 aromatic heterocycles. The molecule has 0 aromatic carbocycles. The van der Waals surface area contributed by atoms with Gasteiger partial charge < -0.3 is 11.1 Å². The average molecular weight is 224 g/mol. The third kappa shape index (κ3) is 4.02. The van der Waals surface area contributed by atoms with Gasteiger partial charge in [0.2, 0.25) is 5.91 Å². The molecule has 0 aliphatic carbocycles. The van der Waals surface area contributed by atoms with Gasteiger partial charge in [-0.15, -0.1) is 0 Å². The first kappa shape index (κ1) is 12.7. The van der Waals surface area contributed by atoms with Crippen LogP contribution < -0.4 is 11.1 Å². The maximum absolute atomic E-state index is 11.2. The van der Waals surface area contributed by atoms with Crippen LogP contribution in [0.25, 0.3) is 0 Å². The highest BCUT2D eigenvalue weighted by molar-refractivity contribution is 5.79. The number of carbonyl (C=O) groups excluding carboxylic acids is 1. The fourth-order valence-electron chi connectivity index (χ4n) is 1.51.